The summed E-state index contributed by atoms with van der Waals surface area (Å²) in [6.45, 7) is 3.91. The van der Waals surface area contributed by atoms with Crippen LogP contribution in [0.5, 0.6) is 0 Å². The third-order valence-corrected chi connectivity index (χ3v) is 4.36. The molecule has 0 bridgehead atoms. The second-order valence-corrected chi connectivity index (χ2v) is 6.61. The van der Waals surface area contributed by atoms with Crippen molar-refractivity contribution in [3.63, 3.8) is 0 Å². The molecule has 1 aromatic heterocycles. The number of rotatable bonds is 7. The summed E-state index contributed by atoms with van der Waals surface area (Å²) >= 11 is 0. The van der Waals surface area contributed by atoms with Crippen molar-refractivity contribution >= 4 is 22.8 Å². The van der Waals surface area contributed by atoms with E-state index in [1.54, 1.807) is 25.8 Å². The molecule has 2 rings (SSSR count). The van der Waals surface area contributed by atoms with Gasteiger partial charge in [0.2, 0.25) is 5.91 Å². The molecule has 0 unspecified atom stereocenters. The van der Waals surface area contributed by atoms with Gasteiger partial charge in [0.05, 0.1) is 5.41 Å². The predicted molar refractivity (Wildman–Crippen MR) is 90.3 cm³/mol. The molecule has 0 aliphatic rings. The van der Waals surface area contributed by atoms with Crippen molar-refractivity contribution in [2.45, 2.75) is 33.1 Å². The summed E-state index contributed by atoms with van der Waals surface area (Å²) in [6.07, 6.45) is 3.35. The van der Waals surface area contributed by atoms with Gasteiger partial charge in [0.15, 0.2) is 0 Å². The number of hydrogen-bond donors (Lipinski definition) is 2. The Hall–Kier alpha value is -2.30. The molecular formula is C18H24N2O3. The van der Waals surface area contributed by atoms with Gasteiger partial charge in [-0.2, -0.15) is 0 Å². The maximum Gasteiger partial charge on any atom is 0.309 e. The van der Waals surface area contributed by atoms with E-state index >= 15 is 0 Å². The fourth-order valence-corrected chi connectivity index (χ4v) is 2.47. The van der Waals surface area contributed by atoms with Crippen LogP contribution in [-0.4, -0.2) is 40.5 Å². The number of aromatic amines is 1. The number of amides is 1. The number of H-pyrrole nitrogens is 1. The molecule has 0 aliphatic carbocycles. The molecule has 1 heterocycles. The first-order valence-corrected chi connectivity index (χ1v) is 7.83. The number of carbonyl (C=O) groups excluding carboxylic acids is 1. The zero-order valence-electron chi connectivity index (χ0n) is 13.9. The number of carbonyl (C=O) groups is 2. The monoisotopic (exact) mass is 316 g/mol. The molecule has 0 saturated heterocycles. The average molecular weight is 316 g/mol. The number of fused-ring (bicyclic) bond motifs is 1. The van der Waals surface area contributed by atoms with Crippen LogP contribution in [0.1, 0.15) is 32.3 Å². The van der Waals surface area contributed by atoms with Gasteiger partial charge < -0.3 is 15.0 Å². The maximum atomic E-state index is 12.2. The average Bonchev–Trinajstić information content (AvgIpc) is 2.93. The molecule has 1 amide bonds. The molecular weight excluding hydrogens is 292 g/mol. The van der Waals surface area contributed by atoms with E-state index in [1.807, 2.05) is 24.4 Å². The van der Waals surface area contributed by atoms with Crippen LogP contribution in [0.25, 0.3) is 10.9 Å². The predicted octanol–water partition coefficient (Wildman–Crippen LogP) is 3.06. The van der Waals surface area contributed by atoms with Gasteiger partial charge in [0, 0.05) is 37.1 Å². The summed E-state index contributed by atoms with van der Waals surface area (Å²) in [5, 5.41) is 10.3. The molecule has 0 atom stereocenters. The summed E-state index contributed by atoms with van der Waals surface area (Å²) in [5.74, 6) is -0.883. The summed E-state index contributed by atoms with van der Waals surface area (Å²) < 4.78 is 0. The van der Waals surface area contributed by atoms with Gasteiger partial charge in [-0.3, -0.25) is 9.59 Å². The minimum absolute atomic E-state index is 0.0147. The third-order valence-electron chi connectivity index (χ3n) is 4.36. The summed E-state index contributed by atoms with van der Waals surface area (Å²) in [6, 6.07) is 8.09. The first kappa shape index (κ1) is 17.1. The Labute approximate surface area is 136 Å². The number of carboxylic acid groups (broad SMARTS) is 1. The van der Waals surface area contributed by atoms with Crippen molar-refractivity contribution in [1.29, 1.82) is 0 Å². The molecule has 5 nitrogen and oxygen atoms in total. The van der Waals surface area contributed by atoms with Gasteiger partial charge in [-0.1, -0.05) is 18.2 Å². The minimum Gasteiger partial charge on any atom is -0.481 e. The summed E-state index contributed by atoms with van der Waals surface area (Å²) in [4.78, 5) is 28.2. The molecule has 0 fully saturated rings. The number of para-hydroxylation sites is 1. The van der Waals surface area contributed by atoms with Crippen LogP contribution in [0.4, 0.5) is 0 Å². The van der Waals surface area contributed by atoms with E-state index in [-0.39, 0.29) is 12.3 Å². The number of benzene rings is 1. The molecule has 0 spiro atoms. The van der Waals surface area contributed by atoms with Crippen LogP contribution in [0, 0.1) is 5.41 Å². The minimum atomic E-state index is -0.869. The van der Waals surface area contributed by atoms with Crippen molar-refractivity contribution < 1.29 is 14.7 Å². The molecule has 23 heavy (non-hydrogen) atoms. The highest BCUT2D eigenvalue weighted by Crippen LogP contribution is 2.23. The number of aliphatic carboxylic acids is 1. The van der Waals surface area contributed by atoms with Crippen LogP contribution >= 0.6 is 0 Å². The topological polar surface area (TPSA) is 73.4 Å². The number of nitrogens with zero attached hydrogens (tertiary/aromatic N) is 1. The zero-order chi connectivity index (χ0) is 17.0. The highest BCUT2D eigenvalue weighted by Gasteiger charge is 2.28. The number of nitrogens with one attached hydrogen (secondary N) is 1. The Balaban J connectivity index is 1.88. The van der Waals surface area contributed by atoms with Gasteiger partial charge in [-0.05, 0) is 38.3 Å². The van der Waals surface area contributed by atoms with E-state index in [9.17, 15) is 9.59 Å². The lowest BCUT2D eigenvalue weighted by molar-refractivity contribution is -0.147. The molecule has 1 aromatic carbocycles. The van der Waals surface area contributed by atoms with E-state index in [2.05, 4.69) is 11.1 Å². The van der Waals surface area contributed by atoms with E-state index in [4.69, 9.17) is 5.11 Å². The number of likely N-dealkylation sites (N-methyl/N-ethyl adjacent to an activating group) is 1. The van der Waals surface area contributed by atoms with Gasteiger partial charge >= 0.3 is 5.97 Å². The van der Waals surface area contributed by atoms with Gasteiger partial charge in [0.1, 0.15) is 0 Å². The standard InChI is InChI=1S/C18H24N2O3/c1-18(2,17(22)23)10-8-16(21)20(3)11-9-13-12-19-15-7-5-4-6-14(13)15/h4-7,12,19H,8-11H2,1-3H3,(H,22,23). The van der Waals surface area contributed by atoms with Crippen LogP contribution < -0.4 is 0 Å². The van der Waals surface area contributed by atoms with E-state index in [0.717, 1.165) is 11.9 Å². The normalized spacial score (nSPS) is 11.6. The Morgan fingerprint density at radius 1 is 1.26 bits per heavy atom. The third kappa shape index (κ3) is 4.12. The fraction of sp³-hybridized carbons (Fsp3) is 0.444. The molecule has 5 heteroatoms. The summed E-state index contributed by atoms with van der Waals surface area (Å²) in [5.41, 5.74) is 1.42. The highest BCUT2D eigenvalue weighted by atomic mass is 16.4. The van der Waals surface area contributed by atoms with Gasteiger partial charge in [-0.25, -0.2) is 0 Å². The highest BCUT2D eigenvalue weighted by molar-refractivity contribution is 5.83. The first-order chi connectivity index (χ1) is 10.8. The van der Waals surface area contributed by atoms with Crippen LogP contribution in [0.15, 0.2) is 30.5 Å². The van der Waals surface area contributed by atoms with Crippen molar-refractivity contribution in [2.75, 3.05) is 13.6 Å². The van der Waals surface area contributed by atoms with Crippen LogP contribution in [-0.2, 0) is 16.0 Å². The number of aromatic nitrogens is 1. The zero-order valence-corrected chi connectivity index (χ0v) is 13.9. The lowest BCUT2D eigenvalue weighted by Gasteiger charge is -2.21. The summed E-state index contributed by atoms with van der Waals surface area (Å²) in [7, 11) is 1.77. The lowest BCUT2D eigenvalue weighted by Crippen LogP contribution is -2.31. The van der Waals surface area contributed by atoms with E-state index < -0.39 is 11.4 Å². The van der Waals surface area contributed by atoms with Crippen molar-refractivity contribution in [1.82, 2.24) is 9.88 Å². The van der Waals surface area contributed by atoms with Crippen LogP contribution in [0.2, 0.25) is 0 Å². The number of carboxylic acids is 1. The second-order valence-electron chi connectivity index (χ2n) is 6.61. The number of hydrogen-bond acceptors (Lipinski definition) is 2. The largest absolute Gasteiger partial charge is 0.481 e. The smallest absolute Gasteiger partial charge is 0.309 e. The Kier molecular flexibility index (Phi) is 5.08. The molecule has 124 valence electrons. The molecule has 0 aliphatic heterocycles. The van der Waals surface area contributed by atoms with Crippen molar-refractivity contribution in [3.8, 4) is 0 Å². The lowest BCUT2D eigenvalue weighted by atomic mass is 9.88. The van der Waals surface area contributed by atoms with Crippen LogP contribution in [0.3, 0.4) is 0 Å². The quantitative estimate of drug-likeness (QED) is 0.824. The SMILES string of the molecule is CN(CCc1c[nH]c2ccccc12)C(=O)CCC(C)(C)C(=O)O. The second kappa shape index (κ2) is 6.86. The van der Waals surface area contributed by atoms with Gasteiger partial charge in [0.25, 0.3) is 0 Å². The first-order valence-electron chi connectivity index (χ1n) is 7.83. The van der Waals surface area contributed by atoms with Crippen molar-refractivity contribution in [3.05, 3.63) is 36.0 Å². The maximum absolute atomic E-state index is 12.2. The van der Waals surface area contributed by atoms with Crippen molar-refractivity contribution in [2.24, 2.45) is 5.41 Å². The molecule has 0 saturated carbocycles. The Bertz CT molecular complexity index is 703. The van der Waals surface area contributed by atoms with E-state index in [0.29, 0.717) is 13.0 Å². The Morgan fingerprint density at radius 3 is 2.65 bits per heavy atom. The fourth-order valence-electron chi connectivity index (χ4n) is 2.47. The van der Waals surface area contributed by atoms with E-state index in [1.165, 1.54) is 10.9 Å². The molecule has 2 aromatic rings. The molecule has 2 N–H and O–H groups in total. The Morgan fingerprint density at radius 2 is 1.96 bits per heavy atom. The van der Waals surface area contributed by atoms with Gasteiger partial charge in [-0.15, -0.1) is 0 Å². The molecule has 0 radical (unpaired) electrons.